The summed E-state index contributed by atoms with van der Waals surface area (Å²) in [7, 11) is 0. The zero-order chi connectivity index (χ0) is 10.8. The average molecular weight is 205 g/mol. The van der Waals surface area contributed by atoms with Crippen LogP contribution in [-0.2, 0) is 0 Å². The number of aliphatic hydroxyl groups is 1. The Morgan fingerprint density at radius 2 is 2.27 bits per heavy atom. The van der Waals surface area contributed by atoms with Crippen molar-refractivity contribution >= 4 is 5.82 Å². The highest BCUT2D eigenvalue weighted by molar-refractivity contribution is 5.52. The topological polar surface area (TPSA) is 89.8 Å². The number of aromatic nitrogens is 4. The van der Waals surface area contributed by atoms with Crippen LogP contribution in [0.4, 0.5) is 5.82 Å². The van der Waals surface area contributed by atoms with E-state index in [-0.39, 0.29) is 0 Å². The van der Waals surface area contributed by atoms with Crippen molar-refractivity contribution in [2.24, 2.45) is 0 Å². The fraction of sp³-hybridized carbons (Fsp3) is 0.222. The van der Waals surface area contributed by atoms with Crippen LogP contribution in [-0.4, -0.2) is 24.9 Å². The molecule has 0 fully saturated rings. The molecule has 2 aromatic heterocycles. The molecule has 78 valence electrons. The van der Waals surface area contributed by atoms with E-state index < -0.39 is 6.23 Å². The second kappa shape index (κ2) is 3.66. The van der Waals surface area contributed by atoms with Crippen LogP contribution in [0.5, 0.6) is 0 Å². The molecule has 0 saturated heterocycles. The summed E-state index contributed by atoms with van der Waals surface area (Å²) in [5.74, 6) is 0.907. The average Bonchev–Trinajstić information content (AvgIpc) is 2.65. The number of aliphatic hydroxyl groups excluding tert-OH is 1. The van der Waals surface area contributed by atoms with Crippen molar-refractivity contribution in [3.8, 4) is 11.5 Å². The molecule has 0 bridgehead atoms. The van der Waals surface area contributed by atoms with E-state index in [1.807, 2.05) is 0 Å². The maximum atomic E-state index is 9.45. The lowest BCUT2D eigenvalue weighted by molar-refractivity contribution is 0.126. The summed E-state index contributed by atoms with van der Waals surface area (Å²) < 4.78 is 1.52. The van der Waals surface area contributed by atoms with Gasteiger partial charge in [-0.05, 0) is 19.1 Å². The van der Waals surface area contributed by atoms with Crippen molar-refractivity contribution in [1.29, 1.82) is 0 Å². The van der Waals surface area contributed by atoms with Gasteiger partial charge in [-0.3, -0.25) is 4.57 Å². The van der Waals surface area contributed by atoms with E-state index in [0.29, 0.717) is 17.3 Å². The third-order valence-electron chi connectivity index (χ3n) is 1.98. The Morgan fingerprint density at radius 3 is 2.93 bits per heavy atom. The summed E-state index contributed by atoms with van der Waals surface area (Å²) in [6, 6.07) is 5.23. The molecule has 6 heteroatoms. The maximum Gasteiger partial charge on any atom is 0.184 e. The van der Waals surface area contributed by atoms with Crippen LogP contribution in [0.2, 0.25) is 0 Å². The molecular weight excluding hydrogens is 194 g/mol. The number of anilines is 1. The van der Waals surface area contributed by atoms with E-state index in [1.54, 1.807) is 25.1 Å². The van der Waals surface area contributed by atoms with Gasteiger partial charge >= 0.3 is 0 Å². The SMILES string of the molecule is C[C@@H](O)n1cnnc1-c1cccc(N)n1. The normalized spacial score (nSPS) is 12.7. The van der Waals surface area contributed by atoms with Gasteiger partial charge in [-0.1, -0.05) is 6.07 Å². The van der Waals surface area contributed by atoms with Gasteiger partial charge in [0.15, 0.2) is 5.82 Å². The third kappa shape index (κ3) is 1.79. The standard InChI is InChI=1S/C9H11N5O/c1-6(15)14-5-11-13-9(14)7-3-2-4-8(10)12-7/h2-6,15H,1H3,(H2,10,12)/t6-/m1/s1. The Kier molecular flexibility index (Phi) is 2.34. The summed E-state index contributed by atoms with van der Waals surface area (Å²) in [5, 5.41) is 17.1. The number of hydrogen-bond donors (Lipinski definition) is 2. The molecule has 1 atom stereocenters. The molecule has 0 aromatic carbocycles. The van der Waals surface area contributed by atoms with Crippen LogP contribution in [0.25, 0.3) is 11.5 Å². The number of rotatable bonds is 2. The summed E-state index contributed by atoms with van der Waals surface area (Å²) in [6.45, 7) is 1.62. The zero-order valence-electron chi connectivity index (χ0n) is 8.20. The fourth-order valence-corrected chi connectivity index (χ4v) is 1.28. The fourth-order valence-electron chi connectivity index (χ4n) is 1.28. The number of hydrogen-bond acceptors (Lipinski definition) is 5. The summed E-state index contributed by atoms with van der Waals surface area (Å²) >= 11 is 0. The predicted molar refractivity (Wildman–Crippen MR) is 54.6 cm³/mol. The molecular formula is C9H11N5O. The monoisotopic (exact) mass is 205 g/mol. The molecule has 0 saturated carbocycles. The van der Waals surface area contributed by atoms with Crippen molar-refractivity contribution < 1.29 is 5.11 Å². The molecule has 2 heterocycles. The van der Waals surface area contributed by atoms with Crippen LogP contribution < -0.4 is 5.73 Å². The van der Waals surface area contributed by atoms with E-state index >= 15 is 0 Å². The van der Waals surface area contributed by atoms with Gasteiger partial charge in [-0.25, -0.2) is 4.98 Å². The molecule has 3 N–H and O–H groups in total. The molecule has 0 unspecified atom stereocenters. The molecule has 0 aliphatic rings. The predicted octanol–water partition coefficient (Wildman–Crippen LogP) is 0.433. The number of nitrogens with zero attached hydrogens (tertiary/aromatic N) is 4. The molecule has 0 radical (unpaired) electrons. The van der Waals surface area contributed by atoms with Gasteiger partial charge in [0.25, 0.3) is 0 Å². The van der Waals surface area contributed by atoms with Gasteiger partial charge in [-0.2, -0.15) is 0 Å². The lowest BCUT2D eigenvalue weighted by atomic mass is 10.3. The van der Waals surface area contributed by atoms with Crippen molar-refractivity contribution in [3.63, 3.8) is 0 Å². The molecule has 0 aliphatic heterocycles. The molecule has 6 nitrogen and oxygen atoms in total. The molecule has 0 spiro atoms. The lowest BCUT2D eigenvalue weighted by Crippen LogP contribution is -2.05. The Morgan fingerprint density at radius 1 is 1.47 bits per heavy atom. The van der Waals surface area contributed by atoms with Crippen LogP contribution in [0.15, 0.2) is 24.5 Å². The van der Waals surface area contributed by atoms with Crippen molar-refractivity contribution in [3.05, 3.63) is 24.5 Å². The van der Waals surface area contributed by atoms with E-state index in [1.165, 1.54) is 10.9 Å². The van der Waals surface area contributed by atoms with Crippen LogP contribution in [0, 0.1) is 0 Å². The minimum absolute atomic E-state index is 0.410. The Balaban J connectivity index is 2.49. The zero-order valence-corrected chi connectivity index (χ0v) is 8.20. The first-order valence-electron chi connectivity index (χ1n) is 4.49. The largest absolute Gasteiger partial charge is 0.384 e. The molecule has 15 heavy (non-hydrogen) atoms. The van der Waals surface area contributed by atoms with E-state index in [4.69, 9.17) is 5.73 Å². The molecule has 0 aliphatic carbocycles. The van der Waals surface area contributed by atoms with Gasteiger partial charge < -0.3 is 10.8 Å². The number of nitrogens with two attached hydrogens (primary N) is 1. The van der Waals surface area contributed by atoms with Crippen molar-refractivity contribution in [2.75, 3.05) is 5.73 Å². The molecule has 2 aromatic rings. The highest BCUT2D eigenvalue weighted by Gasteiger charge is 2.11. The third-order valence-corrected chi connectivity index (χ3v) is 1.98. The van der Waals surface area contributed by atoms with E-state index in [0.717, 1.165) is 0 Å². The van der Waals surface area contributed by atoms with Gasteiger partial charge in [0.05, 0.1) is 0 Å². The second-order valence-electron chi connectivity index (χ2n) is 3.14. The Hall–Kier alpha value is -1.95. The second-order valence-corrected chi connectivity index (χ2v) is 3.14. The van der Waals surface area contributed by atoms with E-state index in [2.05, 4.69) is 15.2 Å². The minimum Gasteiger partial charge on any atom is -0.384 e. The lowest BCUT2D eigenvalue weighted by Gasteiger charge is -2.08. The minimum atomic E-state index is -0.696. The first kappa shape index (κ1) is 9.60. The summed E-state index contributed by atoms with van der Waals surface area (Å²) in [5.41, 5.74) is 6.15. The van der Waals surface area contributed by atoms with Gasteiger partial charge in [0, 0.05) is 0 Å². The van der Waals surface area contributed by atoms with Crippen LogP contribution in [0.1, 0.15) is 13.2 Å². The summed E-state index contributed by atoms with van der Waals surface area (Å²) in [6.07, 6.45) is 0.753. The van der Waals surface area contributed by atoms with Crippen molar-refractivity contribution in [1.82, 2.24) is 19.7 Å². The first-order chi connectivity index (χ1) is 7.18. The van der Waals surface area contributed by atoms with Crippen molar-refractivity contribution in [2.45, 2.75) is 13.2 Å². The van der Waals surface area contributed by atoms with Gasteiger partial charge in [0.2, 0.25) is 0 Å². The summed E-state index contributed by atoms with van der Waals surface area (Å²) in [4.78, 5) is 4.10. The number of nitrogen functional groups attached to an aromatic ring is 1. The smallest absolute Gasteiger partial charge is 0.184 e. The number of pyridine rings is 1. The van der Waals surface area contributed by atoms with Crippen LogP contribution >= 0.6 is 0 Å². The Bertz CT molecular complexity index is 465. The highest BCUT2D eigenvalue weighted by atomic mass is 16.3. The van der Waals surface area contributed by atoms with E-state index in [9.17, 15) is 5.11 Å². The van der Waals surface area contributed by atoms with Crippen LogP contribution in [0.3, 0.4) is 0 Å². The highest BCUT2D eigenvalue weighted by Crippen LogP contribution is 2.17. The molecule has 2 rings (SSSR count). The van der Waals surface area contributed by atoms with Gasteiger partial charge in [-0.15, -0.1) is 10.2 Å². The van der Waals surface area contributed by atoms with Gasteiger partial charge in [0.1, 0.15) is 24.1 Å². The first-order valence-corrected chi connectivity index (χ1v) is 4.49. The molecule has 0 amide bonds. The Labute approximate surface area is 86.4 Å². The maximum absolute atomic E-state index is 9.45. The quantitative estimate of drug-likeness (QED) is 0.742.